The number of likely N-dealkylation sites (N-methyl/N-ethyl adjacent to an activating group) is 1. The standard InChI is InChI=1S/C39H46N2O9Si/c1-20-31(42)28-27(33(44)35(20)46-7)29-24-17-23-26(37(48-9)36(47-8)21(2)34(23)50-51(10,11)39(3,4)5)25(19-49-18-22-15-13-12-14-16-22)41(24)38(45)30(32(28)43)40(29)6/h12-17,25,29-30H,18-19H2,1-11H3/t25-,29+,30+/m0/s1. The van der Waals surface area contributed by atoms with Crippen molar-refractivity contribution in [1.82, 2.24) is 9.80 Å². The highest BCUT2D eigenvalue weighted by molar-refractivity contribution is 6.74. The number of hydrogen-bond acceptors (Lipinski definition) is 10. The molecule has 12 heteroatoms. The van der Waals surface area contributed by atoms with Gasteiger partial charge >= 0.3 is 0 Å². The molecule has 3 aliphatic heterocycles. The molecule has 1 amide bonds. The molecule has 51 heavy (non-hydrogen) atoms. The summed E-state index contributed by atoms with van der Waals surface area (Å²) in [5.41, 5.74) is 3.09. The smallest absolute Gasteiger partial charge is 0.252 e. The van der Waals surface area contributed by atoms with Crippen molar-refractivity contribution in [3.8, 4) is 17.2 Å². The number of nitrogens with zero attached hydrogens (tertiary/aromatic N) is 2. The highest BCUT2D eigenvalue weighted by atomic mass is 28.4. The molecule has 0 N–H and O–H groups in total. The topological polar surface area (TPSA) is 121 Å². The van der Waals surface area contributed by atoms with Gasteiger partial charge in [-0.05, 0) is 50.7 Å². The van der Waals surface area contributed by atoms with Crippen LogP contribution in [0.3, 0.4) is 0 Å². The number of piperazine rings is 1. The predicted octanol–water partition coefficient (Wildman–Crippen LogP) is 5.47. The van der Waals surface area contributed by atoms with E-state index in [-0.39, 0.29) is 40.7 Å². The zero-order valence-electron chi connectivity index (χ0n) is 31.2. The van der Waals surface area contributed by atoms with E-state index in [1.807, 2.05) is 43.3 Å². The van der Waals surface area contributed by atoms with E-state index in [4.69, 9.17) is 23.4 Å². The van der Waals surface area contributed by atoms with Gasteiger partial charge in [0.05, 0.1) is 52.2 Å². The predicted molar refractivity (Wildman–Crippen MR) is 193 cm³/mol. The molecule has 3 heterocycles. The largest absolute Gasteiger partial charge is 0.543 e. The summed E-state index contributed by atoms with van der Waals surface area (Å²) in [7, 11) is 3.57. The van der Waals surface area contributed by atoms with E-state index in [0.29, 0.717) is 39.6 Å². The van der Waals surface area contributed by atoms with Gasteiger partial charge in [0.1, 0.15) is 5.75 Å². The molecular formula is C39H46N2O9Si. The lowest BCUT2D eigenvalue weighted by molar-refractivity contribution is -0.150. The lowest BCUT2D eigenvalue weighted by Gasteiger charge is -2.53. The Morgan fingerprint density at radius 2 is 1.49 bits per heavy atom. The minimum Gasteiger partial charge on any atom is -0.543 e. The van der Waals surface area contributed by atoms with Gasteiger partial charge in [-0.1, -0.05) is 51.1 Å². The summed E-state index contributed by atoms with van der Waals surface area (Å²) < 4.78 is 30.9. The van der Waals surface area contributed by atoms with Gasteiger partial charge in [0.25, 0.3) is 14.2 Å². The van der Waals surface area contributed by atoms with Gasteiger partial charge in [-0.15, -0.1) is 0 Å². The number of hydrogen-bond donors (Lipinski definition) is 0. The third-order valence-electron chi connectivity index (χ3n) is 11.0. The first-order chi connectivity index (χ1) is 24.0. The SMILES string of the molecule is COC1=C(C)C(=O)C2=C(C1=O)[C@H]1C3=Cc4c(O[Si](C)(C)C(C)(C)C)c(C)c(OC)c(OC)c4[C@H](COCc4ccccc4)N3C(=O)[C@@H](C2=O)N1C. The number of ether oxygens (including phenoxy) is 4. The van der Waals surface area contributed by atoms with Crippen molar-refractivity contribution >= 4 is 37.7 Å². The monoisotopic (exact) mass is 714 g/mol. The van der Waals surface area contributed by atoms with Crippen molar-refractivity contribution in [1.29, 1.82) is 0 Å². The van der Waals surface area contributed by atoms with Crippen molar-refractivity contribution in [2.45, 2.75) is 77.5 Å². The van der Waals surface area contributed by atoms with E-state index in [0.717, 1.165) is 5.56 Å². The van der Waals surface area contributed by atoms with Crippen LogP contribution in [0.15, 0.2) is 58.5 Å². The molecular weight excluding hydrogens is 669 g/mol. The molecule has 3 atom stereocenters. The Bertz CT molecular complexity index is 1950. The molecule has 1 fully saturated rings. The lowest BCUT2D eigenvalue weighted by Crippen LogP contribution is -2.67. The average molecular weight is 715 g/mol. The maximum Gasteiger partial charge on any atom is 0.252 e. The summed E-state index contributed by atoms with van der Waals surface area (Å²) in [6, 6.07) is 6.55. The Kier molecular flexibility index (Phi) is 9.18. The second kappa shape index (κ2) is 12.9. The molecule has 1 aliphatic carbocycles. The summed E-state index contributed by atoms with van der Waals surface area (Å²) in [5.74, 6) is -1.11. The van der Waals surface area contributed by atoms with Gasteiger partial charge in [-0.3, -0.25) is 24.1 Å². The number of carbonyl (C=O) groups excluding carboxylic acids is 4. The highest BCUT2D eigenvalue weighted by Crippen LogP contribution is 2.55. The van der Waals surface area contributed by atoms with Crippen LogP contribution in [0, 0.1) is 6.92 Å². The fourth-order valence-corrected chi connectivity index (χ4v) is 8.44. The first-order valence-corrected chi connectivity index (χ1v) is 19.9. The van der Waals surface area contributed by atoms with Crippen molar-refractivity contribution in [2.75, 3.05) is 35.0 Å². The van der Waals surface area contributed by atoms with Crippen molar-refractivity contribution in [2.24, 2.45) is 0 Å². The molecule has 6 rings (SSSR count). The van der Waals surface area contributed by atoms with Crippen molar-refractivity contribution in [3.05, 3.63) is 80.8 Å². The van der Waals surface area contributed by atoms with Gasteiger partial charge in [0.2, 0.25) is 5.78 Å². The molecule has 2 bridgehead atoms. The number of amides is 1. The zero-order valence-corrected chi connectivity index (χ0v) is 32.2. The molecule has 0 unspecified atom stereocenters. The van der Waals surface area contributed by atoms with Gasteiger partial charge < -0.3 is 28.3 Å². The van der Waals surface area contributed by atoms with E-state index < -0.39 is 49.7 Å². The molecule has 1 saturated heterocycles. The molecule has 2 aromatic carbocycles. The second-order valence-electron chi connectivity index (χ2n) is 14.9. The number of methoxy groups -OCH3 is 3. The average Bonchev–Trinajstić information content (AvgIpc) is 3.07. The first kappa shape index (κ1) is 36.3. The molecule has 11 nitrogen and oxygen atoms in total. The molecule has 0 spiro atoms. The van der Waals surface area contributed by atoms with Crippen LogP contribution in [0.1, 0.15) is 56.0 Å². The van der Waals surface area contributed by atoms with Crippen LogP contribution in [0.25, 0.3) is 6.08 Å². The third-order valence-corrected chi connectivity index (χ3v) is 15.3. The summed E-state index contributed by atoms with van der Waals surface area (Å²) in [6.45, 7) is 14.4. The van der Waals surface area contributed by atoms with E-state index in [1.165, 1.54) is 14.0 Å². The van der Waals surface area contributed by atoms with Crippen LogP contribution >= 0.6 is 0 Å². The molecule has 0 saturated carbocycles. The molecule has 2 aromatic rings. The van der Waals surface area contributed by atoms with Gasteiger partial charge in [0.15, 0.2) is 34.9 Å². The second-order valence-corrected chi connectivity index (χ2v) is 19.7. The Hall–Kier alpha value is -4.52. The zero-order chi connectivity index (χ0) is 37.3. The van der Waals surface area contributed by atoms with E-state index in [1.54, 1.807) is 31.1 Å². The fourth-order valence-electron chi connectivity index (χ4n) is 7.36. The van der Waals surface area contributed by atoms with Crippen LogP contribution in [-0.4, -0.2) is 88.4 Å². The maximum absolute atomic E-state index is 14.8. The van der Waals surface area contributed by atoms with E-state index in [2.05, 4.69) is 33.9 Å². The van der Waals surface area contributed by atoms with Crippen LogP contribution in [0.4, 0.5) is 0 Å². The summed E-state index contributed by atoms with van der Waals surface area (Å²) in [5, 5.41) is -0.168. The van der Waals surface area contributed by atoms with Gasteiger partial charge in [0, 0.05) is 33.5 Å². The number of fused-ring (bicyclic) bond motifs is 6. The lowest BCUT2D eigenvalue weighted by atomic mass is 9.73. The Balaban J connectivity index is 1.65. The van der Waals surface area contributed by atoms with Crippen LogP contribution in [0.2, 0.25) is 18.1 Å². The van der Waals surface area contributed by atoms with E-state index >= 15 is 0 Å². The number of Topliss-reactive ketones (excluding diaryl/α,β-unsaturated/α-hetero) is 3. The summed E-state index contributed by atoms with van der Waals surface area (Å²) in [4.78, 5) is 60.0. The van der Waals surface area contributed by atoms with Gasteiger partial charge in [-0.25, -0.2) is 0 Å². The van der Waals surface area contributed by atoms with Crippen LogP contribution in [-0.2, 0) is 35.3 Å². The number of carbonyl (C=O) groups is 4. The Morgan fingerprint density at radius 1 is 0.843 bits per heavy atom. The third kappa shape index (κ3) is 5.46. The normalized spacial score (nSPS) is 22.1. The summed E-state index contributed by atoms with van der Waals surface area (Å²) >= 11 is 0. The quantitative estimate of drug-likeness (QED) is 0.143. The molecule has 0 radical (unpaired) electrons. The molecule has 4 aliphatic rings. The van der Waals surface area contributed by atoms with Crippen molar-refractivity contribution in [3.63, 3.8) is 0 Å². The number of allylic oxidation sites excluding steroid dienone is 2. The van der Waals surface area contributed by atoms with Gasteiger partial charge in [-0.2, -0.15) is 0 Å². The number of ketones is 3. The summed E-state index contributed by atoms with van der Waals surface area (Å²) in [6.07, 6.45) is 1.84. The molecule has 270 valence electrons. The Morgan fingerprint density at radius 3 is 2.08 bits per heavy atom. The minimum absolute atomic E-state index is 0.00550. The van der Waals surface area contributed by atoms with Crippen molar-refractivity contribution < 1.29 is 42.6 Å². The molecule has 0 aromatic heterocycles. The maximum atomic E-state index is 14.8. The number of rotatable bonds is 9. The Labute approximate surface area is 299 Å². The van der Waals surface area contributed by atoms with Crippen LogP contribution in [0.5, 0.6) is 17.2 Å². The minimum atomic E-state index is -2.49. The highest BCUT2D eigenvalue weighted by Gasteiger charge is 2.59. The first-order valence-electron chi connectivity index (χ1n) is 17.0. The van der Waals surface area contributed by atoms with E-state index in [9.17, 15) is 19.2 Å². The van der Waals surface area contributed by atoms with Crippen LogP contribution < -0.4 is 13.9 Å². The number of benzene rings is 2. The fraction of sp³-hybridized carbons (Fsp3) is 0.436.